The van der Waals surface area contributed by atoms with Crippen LogP contribution in [0, 0.1) is 6.92 Å². The van der Waals surface area contributed by atoms with Crippen molar-refractivity contribution in [3.63, 3.8) is 0 Å². The summed E-state index contributed by atoms with van der Waals surface area (Å²) in [6.45, 7) is 6.20. The van der Waals surface area contributed by atoms with Crippen LogP contribution in [0.5, 0.6) is 5.75 Å². The van der Waals surface area contributed by atoms with Crippen molar-refractivity contribution in [2.75, 3.05) is 13.2 Å². The number of aryl methyl sites for hydroxylation is 1. The quantitative estimate of drug-likeness (QED) is 0.803. The van der Waals surface area contributed by atoms with Crippen LogP contribution in [0.15, 0.2) is 17.6 Å². The minimum absolute atomic E-state index is 0.552. The molecule has 0 radical (unpaired) electrons. The lowest BCUT2D eigenvalue weighted by atomic mass is 10.2. The molecule has 0 atom stereocenters. The number of benzene rings is 1. The number of rotatable bonds is 7. The van der Waals surface area contributed by atoms with Gasteiger partial charge in [-0.15, -0.1) is 11.3 Å². The van der Waals surface area contributed by atoms with Gasteiger partial charge in [0.25, 0.3) is 0 Å². The maximum Gasteiger partial charge on any atom is 0.142 e. The molecule has 0 saturated carbocycles. The van der Waals surface area contributed by atoms with E-state index >= 15 is 0 Å². The van der Waals surface area contributed by atoms with Crippen molar-refractivity contribution in [3.8, 4) is 5.75 Å². The smallest absolute Gasteiger partial charge is 0.142 e. The zero-order valence-corrected chi connectivity index (χ0v) is 14.4. The van der Waals surface area contributed by atoms with Gasteiger partial charge in [-0.3, -0.25) is 0 Å². The number of hydrogen-bond donors (Lipinski definition) is 1. The average Bonchev–Trinajstić information content (AvgIpc) is 2.84. The van der Waals surface area contributed by atoms with Gasteiger partial charge in [0.2, 0.25) is 0 Å². The number of nitrogens with zero attached hydrogens (tertiary/aromatic N) is 1. The summed E-state index contributed by atoms with van der Waals surface area (Å²) in [6, 6.07) is 3.61. The Bertz CT molecular complexity index is 601. The minimum atomic E-state index is 0.552. The second-order valence-corrected chi connectivity index (χ2v) is 6.40. The zero-order chi connectivity index (χ0) is 15.2. The van der Waals surface area contributed by atoms with Crippen LogP contribution in [0.25, 0.3) is 0 Å². The first-order valence-electron chi connectivity index (χ1n) is 6.82. The third-order valence-corrected chi connectivity index (χ3v) is 4.56. The normalized spacial score (nSPS) is 10.9. The van der Waals surface area contributed by atoms with E-state index in [0.717, 1.165) is 24.2 Å². The van der Waals surface area contributed by atoms with E-state index in [-0.39, 0.29) is 0 Å². The van der Waals surface area contributed by atoms with Crippen molar-refractivity contribution >= 4 is 34.5 Å². The van der Waals surface area contributed by atoms with Gasteiger partial charge in [-0.1, -0.05) is 30.1 Å². The molecule has 21 heavy (non-hydrogen) atoms. The number of halogens is 2. The SMILES string of the molecule is CCNCc1cc(Cl)cc(Cl)c1OCCc1scnc1C. The molecule has 0 bridgehead atoms. The van der Waals surface area contributed by atoms with E-state index < -0.39 is 0 Å². The number of thiazole rings is 1. The molecule has 0 fully saturated rings. The second kappa shape index (κ2) is 7.99. The van der Waals surface area contributed by atoms with E-state index in [1.54, 1.807) is 17.4 Å². The van der Waals surface area contributed by atoms with Crippen LogP contribution in [0.2, 0.25) is 10.0 Å². The van der Waals surface area contributed by atoms with E-state index in [9.17, 15) is 0 Å². The fourth-order valence-electron chi connectivity index (χ4n) is 1.98. The van der Waals surface area contributed by atoms with Crippen molar-refractivity contribution in [3.05, 3.63) is 43.8 Å². The standard InChI is InChI=1S/C15H18Cl2N2OS/c1-3-18-8-11-6-12(16)7-13(17)15(11)20-5-4-14-10(2)19-9-21-14/h6-7,9,18H,3-5,8H2,1-2H3. The number of nitrogens with one attached hydrogen (secondary N) is 1. The summed E-state index contributed by atoms with van der Waals surface area (Å²) in [4.78, 5) is 5.48. The van der Waals surface area contributed by atoms with Crippen LogP contribution < -0.4 is 10.1 Å². The highest BCUT2D eigenvalue weighted by atomic mass is 35.5. The van der Waals surface area contributed by atoms with Crippen molar-refractivity contribution in [1.82, 2.24) is 10.3 Å². The predicted molar refractivity (Wildman–Crippen MR) is 89.9 cm³/mol. The number of ether oxygens (including phenoxy) is 1. The third kappa shape index (κ3) is 4.58. The van der Waals surface area contributed by atoms with Crippen LogP contribution >= 0.6 is 34.5 Å². The average molecular weight is 345 g/mol. The molecule has 0 saturated heterocycles. The summed E-state index contributed by atoms with van der Waals surface area (Å²) < 4.78 is 5.90. The summed E-state index contributed by atoms with van der Waals surface area (Å²) >= 11 is 14.0. The molecule has 0 spiro atoms. The van der Waals surface area contributed by atoms with Crippen molar-refractivity contribution in [2.24, 2.45) is 0 Å². The van der Waals surface area contributed by atoms with Gasteiger partial charge in [-0.2, -0.15) is 0 Å². The maximum atomic E-state index is 6.26. The molecule has 1 aromatic carbocycles. The monoisotopic (exact) mass is 344 g/mol. The molecule has 0 aliphatic carbocycles. The Balaban J connectivity index is 2.05. The fourth-order valence-corrected chi connectivity index (χ4v) is 3.33. The fraction of sp³-hybridized carbons (Fsp3) is 0.400. The molecule has 114 valence electrons. The lowest BCUT2D eigenvalue weighted by molar-refractivity contribution is 0.318. The molecule has 0 aliphatic rings. The van der Waals surface area contributed by atoms with Crippen molar-refractivity contribution < 1.29 is 4.74 Å². The Morgan fingerprint density at radius 2 is 2.14 bits per heavy atom. The van der Waals surface area contributed by atoms with Crippen molar-refractivity contribution in [1.29, 1.82) is 0 Å². The Kier molecular flexibility index (Phi) is 6.30. The minimum Gasteiger partial charge on any atom is -0.491 e. The van der Waals surface area contributed by atoms with Crippen LogP contribution in [-0.2, 0) is 13.0 Å². The molecule has 0 aliphatic heterocycles. The van der Waals surface area contributed by atoms with Crippen LogP contribution in [0.4, 0.5) is 0 Å². The highest BCUT2D eigenvalue weighted by molar-refractivity contribution is 7.09. The highest BCUT2D eigenvalue weighted by Gasteiger charge is 2.11. The Hall–Kier alpha value is -0.810. The van der Waals surface area contributed by atoms with E-state index in [1.165, 1.54) is 4.88 Å². The number of aromatic nitrogens is 1. The molecule has 1 aromatic heterocycles. The molecular formula is C15H18Cl2N2OS. The van der Waals surface area contributed by atoms with Crippen LogP contribution in [-0.4, -0.2) is 18.1 Å². The third-order valence-electron chi connectivity index (χ3n) is 3.07. The van der Waals surface area contributed by atoms with E-state index in [4.69, 9.17) is 27.9 Å². The number of hydrogen-bond acceptors (Lipinski definition) is 4. The molecule has 6 heteroatoms. The summed E-state index contributed by atoms with van der Waals surface area (Å²) in [7, 11) is 0. The molecule has 2 aromatic rings. The van der Waals surface area contributed by atoms with Gasteiger partial charge >= 0.3 is 0 Å². The lowest BCUT2D eigenvalue weighted by Crippen LogP contribution is -2.13. The lowest BCUT2D eigenvalue weighted by Gasteiger charge is -2.14. The first-order chi connectivity index (χ1) is 10.1. The van der Waals surface area contributed by atoms with Crippen molar-refractivity contribution in [2.45, 2.75) is 26.8 Å². The highest BCUT2D eigenvalue weighted by Crippen LogP contribution is 2.32. The van der Waals surface area contributed by atoms with Gasteiger partial charge in [0.1, 0.15) is 5.75 Å². The molecule has 1 heterocycles. The first-order valence-corrected chi connectivity index (χ1v) is 8.45. The molecule has 0 unspecified atom stereocenters. The summed E-state index contributed by atoms with van der Waals surface area (Å²) in [5.74, 6) is 0.712. The van der Waals surface area contributed by atoms with Crippen LogP contribution in [0.3, 0.4) is 0 Å². The van der Waals surface area contributed by atoms with E-state index in [0.29, 0.717) is 28.9 Å². The molecule has 0 amide bonds. The largest absolute Gasteiger partial charge is 0.491 e. The van der Waals surface area contributed by atoms with E-state index in [1.807, 2.05) is 18.5 Å². The zero-order valence-electron chi connectivity index (χ0n) is 12.1. The summed E-state index contributed by atoms with van der Waals surface area (Å²) in [6.07, 6.45) is 0.829. The van der Waals surface area contributed by atoms with E-state index in [2.05, 4.69) is 17.2 Å². The van der Waals surface area contributed by atoms with Gasteiger partial charge in [0.15, 0.2) is 0 Å². The Morgan fingerprint density at radius 3 is 2.81 bits per heavy atom. The van der Waals surface area contributed by atoms with Gasteiger partial charge in [-0.05, 0) is 25.6 Å². The van der Waals surface area contributed by atoms with Gasteiger partial charge < -0.3 is 10.1 Å². The van der Waals surface area contributed by atoms with Gasteiger partial charge in [-0.25, -0.2) is 4.98 Å². The molecule has 3 nitrogen and oxygen atoms in total. The van der Waals surface area contributed by atoms with Gasteiger partial charge in [0.05, 0.1) is 22.8 Å². The maximum absolute atomic E-state index is 6.26. The topological polar surface area (TPSA) is 34.1 Å². The first kappa shape index (κ1) is 16.6. The summed E-state index contributed by atoms with van der Waals surface area (Å²) in [5, 5.41) is 4.44. The molecular weight excluding hydrogens is 327 g/mol. The predicted octanol–water partition coefficient (Wildman–Crippen LogP) is 4.49. The van der Waals surface area contributed by atoms with Crippen LogP contribution in [0.1, 0.15) is 23.1 Å². The molecule has 1 N–H and O–H groups in total. The second-order valence-electron chi connectivity index (χ2n) is 4.62. The molecule has 2 rings (SSSR count). The Morgan fingerprint density at radius 1 is 1.33 bits per heavy atom. The Labute approximate surface area is 139 Å². The van der Waals surface area contributed by atoms with Gasteiger partial charge in [0, 0.05) is 28.4 Å². The summed E-state index contributed by atoms with van der Waals surface area (Å²) in [5.41, 5.74) is 3.91.